The molecule has 0 saturated heterocycles. The molecule has 5 heteroatoms. The molecule has 0 aliphatic rings. The molecule has 19 heavy (non-hydrogen) atoms. The van der Waals surface area contributed by atoms with Crippen LogP contribution in [0, 0.1) is 5.92 Å². The van der Waals surface area contributed by atoms with Gasteiger partial charge in [0, 0.05) is 11.4 Å². The Kier molecular flexibility index (Phi) is 6.29. The van der Waals surface area contributed by atoms with Crippen LogP contribution in [0.5, 0.6) is 5.75 Å². The number of benzene rings is 1. The highest BCUT2D eigenvalue weighted by molar-refractivity contribution is 7.80. The summed E-state index contributed by atoms with van der Waals surface area (Å²) in [4.78, 5) is 0. The zero-order valence-corrected chi connectivity index (χ0v) is 12.7. The molecule has 0 aliphatic carbocycles. The van der Waals surface area contributed by atoms with Gasteiger partial charge in [-0.1, -0.05) is 13.8 Å². The van der Waals surface area contributed by atoms with Crippen molar-refractivity contribution < 1.29 is 4.74 Å². The smallest absolute Gasteiger partial charge is 0.191 e. The SMILES string of the molecule is CC[C@H](C)/C(C)=N\NC(=S)Nc1ccc(OC)cc1. The van der Waals surface area contributed by atoms with Gasteiger partial charge in [0.15, 0.2) is 5.11 Å². The number of hydrogen-bond acceptors (Lipinski definition) is 3. The minimum Gasteiger partial charge on any atom is -0.497 e. The van der Waals surface area contributed by atoms with Gasteiger partial charge in [-0.3, -0.25) is 5.43 Å². The Morgan fingerprint density at radius 1 is 1.37 bits per heavy atom. The molecule has 104 valence electrons. The molecule has 1 rings (SSSR count). The Bertz CT molecular complexity index is 443. The largest absolute Gasteiger partial charge is 0.497 e. The van der Waals surface area contributed by atoms with Crippen LogP contribution in [0.25, 0.3) is 0 Å². The normalized spacial score (nSPS) is 12.7. The highest BCUT2D eigenvalue weighted by atomic mass is 32.1. The van der Waals surface area contributed by atoms with Crippen molar-refractivity contribution in [2.75, 3.05) is 12.4 Å². The maximum Gasteiger partial charge on any atom is 0.191 e. The molecule has 0 radical (unpaired) electrons. The minimum atomic E-state index is 0.455. The molecule has 0 aliphatic heterocycles. The van der Waals surface area contributed by atoms with E-state index in [0.29, 0.717) is 11.0 Å². The van der Waals surface area contributed by atoms with E-state index in [-0.39, 0.29) is 0 Å². The van der Waals surface area contributed by atoms with Crippen molar-refractivity contribution in [3.8, 4) is 5.75 Å². The van der Waals surface area contributed by atoms with Crippen LogP contribution in [0.4, 0.5) is 5.69 Å². The molecule has 0 bridgehead atoms. The first-order valence-corrected chi connectivity index (χ1v) is 6.72. The van der Waals surface area contributed by atoms with Gasteiger partial charge in [0.05, 0.1) is 7.11 Å². The molecule has 0 saturated carbocycles. The number of rotatable bonds is 5. The summed E-state index contributed by atoms with van der Waals surface area (Å²) >= 11 is 5.18. The number of hydrazone groups is 1. The monoisotopic (exact) mass is 279 g/mol. The summed E-state index contributed by atoms with van der Waals surface area (Å²) < 4.78 is 5.09. The average molecular weight is 279 g/mol. The maximum absolute atomic E-state index is 5.18. The number of methoxy groups -OCH3 is 1. The van der Waals surface area contributed by atoms with Crippen LogP contribution in [0.15, 0.2) is 29.4 Å². The number of nitrogens with zero attached hydrogens (tertiary/aromatic N) is 1. The second-order valence-electron chi connectivity index (χ2n) is 4.36. The second-order valence-corrected chi connectivity index (χ2v) is 4.77. The third-order valence-corrected chi connectivity index (χ3v) is 3.20. The zero-order chi connectivity index (χ0) is 14.3. The first kappa shape index (κ1) is 15.4. The fraction of sp³-hybridized carbons (Fsp3) is 0.429. The molecular weight excluding hydrogens is 258 g/mol. The molecular formula is C14H21N3OS. The molecule has 0 spiro atoms. The van der Waals surface area contributed by atoms with Gasteiger partial charge in [-0.05, 0) is 55.7 Å². The average Bonchev–Trinajstić information content (AvgIpc) is 2.44. The van der Waals surface area contributed by atoms with Crippen molar-refractivity contribution in [2.24, 2.45) is 11.0 Å². The number of anilines is 1. The molecule has 4 nitrogen and oxygen atoms in total. The third-order valence-electron chi connectivity index (χ3n) is 3.01. The van der Waals surface area contributed by atoms with E-state index in [0.717, 1.165) is 23.6 Å². The highest BCUT2D eigenvalue weighted by Gasteiger charge is 2.03. The minimum absolute atomic E-state index is 0.455. The summed E-state index contributed by atoms with van der Waals surface area (Å²) in [6.45, 7) is 6.27. The lowest BCUT2D eigenvalue weighted by atomic mass is 10.1. The number of ether oxygens (including phenoxy) is 1. The van der Waals surface area contributed by atoms with E-state index >= 15 is 0 Å². The van der Waals surface area contributed by atoms with E-state index in [1.54, 1.807) is 7.11 Å². The summed E-state index contributed by atoms with van der Waals surface area (Å²) in [5, 5.41) is 7.81. The summed E-state index contributed by atoms with van der Waals surface area (Å²) in [6.07, 6.45) is 1.07. The summed E-state index contributed by atoms with van der Waals surface area (Å²) in [5.74, 6) is 1.27. The third kappa shape index (κ3) is 5.26. The lowest BCUT2D eigenvalue weighted by molar-refractivity contribution is 0.415. The highest BCUT2D eigenvalue weighted by Crippen LogP contribution is 2.14. The summed E-state index contributed by atoms with van der Waals surface area (Å²) in [6, 6.07) is 7.55. The first-order chi connectivity index (χ1) is 9.06. The maximum atomic E-state index is 5.18. The predicted octanol–water partition coefficient (Wildman–Crippen LogP) is 3.40. The Hall–Kier alpha value is -1.62. The van der Waals surface area contributed by atoms with Crippen LogP contribution in [0.1, 0.15) is 27.2 Å². The Balaban J connectivity index is 2.51. The van der Waals surface area contributed by atoms with E-state index in [4.69, 9.17) is 17.0 Å². The molecule has 0 aromatic heterocycles. The van der Waals surface area contributed by atoms with Crippen molar-refractivity contribution in [1.82, 2.24) is 5.43 Å². The molecule has 2 N–H and O–H groups in total. The van der Waals surface area contributed by atoms with Gasteiger partial charge in [0.1, 0.15) is 5.75 Å². The quantitative estimate of drug-likeness (QED) is 0.492. The van der Waals surface area contributed by atoms with Crippen molar-refractivity contribution in [3.63, 3.8) is 0 Å². The van der Waals surface area contributed by atoms with Crippen molar-refractivity contribution in [1.29, 1.82) is 0 Å². The number of hydrogen-bond donors (Lipinski definition) is 2. The van der Waals surface area contributed by atoms with Gasteiger partial charge in [0.25, 0.3) is 0 Å². The van der Waals surface area contributed by atoms with Crippen LogP contribution >= 0.6 is 12.2 Å². The van der Waals surface area contributed by atoms with Gasteiger partial charge < -0.3 is 10.1 Å². The lowest BCUT2D eigenvalue weighted by Gasteiger charge is -2.11. The van der Waals surface area contributed by atoms with Gasteiger partial charge in [-0.25, -0.2) is 0 Å². The standard InChI is InChI=1S/C14H21N3OS/c1-5-10(2)11(3)16-17-14(19)15-12-6-8-13(18-4)9-7-12/h6-10H,5H2,1-4H3,(H2,15,17,19)/b16-11-/t10-/m0/s1. The Morgan fingerprint density at radius 2 is 2.00 bits per heavy atom. The number of nitrogens with one attached hydrogen (secondary N) is 2. The van der Waals surface area contributed by atoms with E-state index in [1.807, 2.05) is 31.2 Å². The van der Waals surface area contributed by atoms with Crippen LogP contribution in [0.2, 0.25) is 0 Å². The zero-order valence-electron chi connectivity index (χ0n) is 11.9. The van der Waals surface area contributed by atoms with E-state index in [9.17, 15) is 0 Å². The van der Waals surface area contributed by atoms with Crippen LogP contribution in [-0.4, -0.2) is 17.9 Å². The van der Waals surface area contributed by atoms with Gasteiger partial charge in [-0.15, -0.1) is 0 Å². The van der Waals surface area contributed by atoms with Crippen molar-refractivity contribution >= 4 is 28.7 Å². The predicted molar refractivity (Wildman–Crippen MR) is 84.9 cm³/mol. The number of thiocarbonyl (C=S) groups is 1. The molecule has 0 amide bonds. The summed E-state index contributed by atoms with van der Waals surface area (Å²) in [7, 11) is 1.64. The van der Waals surface area contributed by atoms with Crippen molar-refractivity contribution in [3.05, 3.63) is 24.3 Å². The fourth-order valence-corrected chi connectivity index (χ4v) is 1.54. The summed E-state index contributed by atoms with van der Waals surface area (Å²) in [5.41, 5.74) is 4.79. The lowest BCUT2D eigenvalue weighted by Crippen LogP contribution is -2.25. The molecule has 0 heterocycles. The Morgan fingerprint density at radius 3 is 2.53 bits per heavy atom. The second kappa shape index (κ2) is 7.74. The van der Waals surface area contributed by atoms with Gasteiger partial charge >= 0.3 is 0 Å². The van der Waals surface area contributed by atoms with E-state index in [1.165, 1.54) is 0 Å². The molecule has 1 atom stereocenters. The van der Waals surface area contributed by atoms with Gasteiger partial charge in [-0.2, -0.15) is 5.10 Å². The van der Waals surface area contributed by atoms with Crippen LogP contribution in [-0.2, 0) is 0 Å². The Labute approximate surface area is 120 Å². The fourth-order valence-electron chi connectivity index (χ4n) is 1.38. The molecule has 0 unspecified atom stereocenters. The van der Waals surface area contributed by atoms with Crippen molar-refractivity contribution in [2.45, 2.75) is 27.2 Å². The molecule has 1 aromatic carbocycles. The van der Waals surface area contributed by atoms with Crippen LogP contribution < -0.4 is 15.5 Å². The van der Waals surface area contributed by atoms with E-state index in [2.05, 4.69) is 29.7 Å². The topological polar surface area (TPSA) is 45.7 Å². The van der Waals surface area contributed by atoms with Crippen LogP contribution in [0.3, 0.4) is 0 Å². The van der Waals surface area contributed by atoms with Gasteiger partial charge in [0.2, 0.25) is 0 Å². The molecule has 1 aromatic rings. The van der Waals surface area contributed by atoms with E-state index < -0.39 is 0 Å². The first-order valence-electron chi connectivity index (χ1n) is 6.32. The molecule has 0 fully saturated rings.